The summed E-state index contributed by atoms with van der Waals surface area (Å²) in [7, 11) is 0. The molecule has 1 aliphatic rings. The second-order valence-electron chi connectivity index (χ2n) is 8.25. The summed E-state index contributed by atoms with van der Waals surface area (Å²) in [6.45, 7) is -0.193. The molecule has 6 nitrogen and oxygen atoms in total. The van der Waals surface area contributed by atoms with Gasteiger partial charge in [0.1, 0.15) is 12.4 Å². The van der Waals surface area contributed by atoms with Crippen molar-refractivity contribution in [2.45, 2.75) is 6.54 Å². The summed E-state index contributed by atoms with van der Waals surface area (Å²) in [6.07, 6.45) is 3.43. The first-order chi connectivity index (χ1) is 17.8. The normalized spacial score (nSPS) is 14.7. The molecule has 1 aromatic heterocycles. The number of amides is 3. The molecule has 1 fully saturated rings. The van der Waals surface area contributed by atoms with Gasteiger partial charge in [0.15, 0.2) is 0 Å². The van der Waals surface area contributed by atoms with Gasteiger partial charge in [-0.1, -0.05) is 35.9 Å². The summed E-state index contributed by atoms with van der Waals surface area (Å²) in [5, 5.41) is 3.34. The Balaban J connectivity index is 1.39. The first-order valence-corrected chi connectivity index (χ1v) is 13.4. The zero-order valence-corrected chi connectivity index (χ0v) is 22.8. The second-order valence-corrected chi connectivity index (χ2v) is 10.9. The van der Waals surface area contributed by atoms with E-state index in [2.05, 4.69) is 27.9 Å². The van der Waals surface area contributed by atoms with Gasteiger partial charge in [-0.25, -0.2) is 4.39 Å². The molecule has 0 atom stereocenters. The third kappa shape index (κ3) is 5.43. The van der Waals surface area contributed by atoms with Crippen molar-refractivity contribution in [2.24, 2.45) is 0 Å². The molecule has 3 amide bonds. The number of benzene rings is 3. The molecule has 5 rings (SSSR count). The molecule has 1 aliphatic heterocycles. The number of carbonyl (C=O) groups excluding carboxylic acids is 3. The number of hydrogen-bond acceptors (Lipinski definition) is 4. The topological polar surface area (TPSA) is 71.4 Å². The average molecular weight is 646 g/mol. The number of aromatic nitrogens is 1. The average Bonchev–Trinajstić information content (AvgIpc) is 3.35. The summed E-state index contributed by atoms with van der Waals surface area (Å²) < 4.78 is 17.3. The zero-order valence-electron chi connectivity index (χ0n) is 19.1. The minimum absolute atomic E-state index is 0.194. The first-order valence-electron chi connectivity index (χ1n) is 11.1. The highest BCUT2D eigenvalue weighted by atomic mass is 127. The number of rotatable bonds is 6. The standard InChI is InChI=1S/C27H18ClFIN3O3S/c28-21-5-3-6-22(29)20(21)14-32-13-16(19-4-1-2-7-23(19)32)12-24-26(35)33(27(36)37-24)15-25(34)31-18-10-8-17(30)9-11-18/h1-13H,14-15H2,(H,31,34)/b24-12+. The van der Waals surface area contributed by atoms with E-state index < -0.39 is 22.9 Å². The van der Waals surface area contributed by atoms with Crippen molar-refractivity contribution in [3.63, 3.8) is 0 Å². The van der Waals surface area contributed by atoms with E-state index in [4.69, 9.17) is 11.6 Å². The molecule has 2 heterocycles. The van der Waals surface area contributed by atoms with E-state index in [0.717, 1.165) is 31.1 Å². The fourth-order valence-electron chi connectivity index (χ4n) is 4.03. The van der Waals surface area contributed by atoms with Gasteiger partial charge in [0, 0.05) is 42.5 Å². The molecule has 1 N–H and O–H groups in total. The predicted molar refractivity (Wildman–Crippen MR) is 153 cm³/mol. The van der Waals surface area contributed by atoms with Crippen LogP contribution in [0, 0.1) is 9.39 Å². The van der Waals surface area contributed by atoms with Crippen molar-refractivity contribution in [3.8, 4) is 0 Å². The number of thioether (sulfide) groups is 1. The molecule has 37 heavy (non-hydrogen) atoms. The van der Waals surface area contributed by atoms with Gasteiger partial charge in [0.2, 0.25) is 5.91 Å². The fourth-order valence-corrected chi connectivity index (χ4v) is 5.44. The van der Waals surface area contributed by atoms with E-state index in [9.17, 15) is 18.8 Å². The van der Waals surface area contributed by atoms with Crippen molar-refractivity contribution in [1.29, 1.82) is 0 Å². The minimum Gasteiger partial charge on any atom is -0.342 e. The van der Waals surface area contributed by atoms with Crippen LogP contribution in [-0.2, 0) is 16.1 Å². The Kier molecular flexibility index (Phi) is 7.36. The largest absolute Gasteiger partial charge is 0.342 e. The van der Waals surface area contributed by atoms with Crippen LogP contribution in [0.25, 0.3) is 17.0 Å². The smallest absolute Gasteiger partial charge is 0.294 e. The van der Waals surface area contributed by atoms with E-state index >= 15 is 0 Å². The van der Waals surface area contributed by atoms with Crippen molar-refractivity contribution in [2.75, 3.05) is 11.9 Å². The van der Waals surface area contributed by atoms with Crippen LogP contribution < -0.4 is 5.32 Å². The Morgan fingerprint density at radius 3 is 2.57 bits per heavy atom. The van der Waals surface area contributed by atoms with Crippen molar-refractivity contribution in [3.05, 3.63) is 103 Å². The highest BCUT2D eigenvalue weighted by Gasteiger charge is 2.36. The van der Waals surface area contributed by atoms with E-state index in [1.807, 2.05) is 41.0 Å². The lowest BCUT2D eigenvalue weighted by molar-refractivity contribution is -0.127. The Hall–Kier alpha value is -3.15. The van der Waals surface area contributed by atoms with Gasteiger partial charge in [-0.2, -0.15) is 0 Å². The summed E-state index contributed by atoms with van der Waals surface area (Å²) >= 11 is 9.18. The molecule has 4 aromatic rings. The summed E-state index contributed by atoms with van der Waals surface area (Å²) in [5.74, 6) is -1.42. The number of nitrogens with zero attached hydrogens (tertiary/aromatic N) is 2. The molecule has 0 saturated carbocycles. The number of anilines is 1. The van der Waals surface area contributed by atoms with Gasteiger partial charge in [-0.05, 0) is 82.9 Å². The lowest BCUT2D eigenvalue weighted by Crippen LogP contribution is -2.36. The van der Waals surface area contributed by atoms with Gasteiger partial charge in [0.25, 0.3) is 11.1 Å². The Morgan fingerprint density at radius 2 is 1.81 bits per heavy atom. The molecule has 0 unspecified atom stereocenters. The molecular formula is C27H18ClFIN3O3S. The zero-order chi connectivity index (χ0) is 26.1. The van der Waals surface area contributed by atoms with Gasteiger partial charge in [-0.3, -0.25) is 19.3 Å². The van der Waals surface area contributed by atoms with Crippen LogP contribution in [0.3, 0.4) is 0 Å². The first kappa shape index (κ1) is 25.5. The van der Waals surface area contributed by atoms with Crippen molar-refractivity contribution >= 4 is 85.7 Å². The van der Waals surface area contributed by atoms with E-state index in [-0.39, 0.29) is 18.0 Å². The van der Waals surface area contributed by atoms with Gasteiger partial charge < -0.3 is 9.88 Å². The van der Waals surface area contributed by atoms with Crippen LogP contribution in [0.5, 0.6) is 0 Å². The maximum atomic E-state index is 14.4. The number of hydrogen-bond donors (Lipinski definition) is 1. The van der Waals surface area contributed by atoms with Crippen LogP contribution >= 0.6 is 46.0 Å². The van der Waals surface area contributed by atoms with E-state index in [1.54, 1.807) is 36.5 Å². The predicted octanol–water partition coefficient (Wildman–Crippen LogP) is 6.76. The number of fused-ring (bicyclic) bond motifs is 1. The molecule has 10 heteroatoms. The molecular weight excluding hydrogens is 628 g/mol. The highest BCUT2D eigenvalue weighted by molar-refractivity contribution is 14.1. The van der Waals surface area contributed by atoms with Crippen molar-refractivity contribution in [1.82, 2.24) is 9.47 Å². The van der Waals surface area contributed by atoms with Crippen LogP contribution in [0.4, 0.5) is 14.9 Å². The lowest BCUT2D eigenvalue weighted by Gasteiger charge is -2.12. The van der Waals surface area contributed by atoms with E-state index in [0.29, 0.717) is 21.8 Å². The molecule has 0 spiro atoms. The minimum atomic E-state index is -0.540. The summed E-state index contributed by atoms with van der Waals surface area (Å²) in [6, 6.07) is 19.2. The van der Waals surface area contributed by atoms with E-state index in [1.165, 1.54) is 6.07 Å². The van der Waals surface area contributed by atoms with Crippen LogP contribution in [0.15, 0.2) is 77.8 Å². The Bertz CT molecular complexity index is 1570. The van der Waals surface area contributed by atoms with Gasteiger partial charge in [0.05, 0.1) is 11.4 Å². The number of para-hydroxylation sites is 1. The van der Waals surface area contributed by atoms with Crippen LogP contribution in [-0.4, -0.2) is 33.1 Å². The molecule has 3 aromatic carbocycles. The molecule has 0 aliphatic carbocycles. The number of imide groups is 1. The third-order valence-corrected chi connectivity index (χ3v) is 7.78. The number of halogens is 3. The van der Waals surface area contributed by atoms with Gasteiger partial charge >= 0.3 is 0 Å². The SMILES string of the molecule is O=C(CN1C(=O)S/C(=C/c2cn(Cc3c(F)cccc3Cl)c3ccccc23)C1=O)Nc1ccc(I)cc1. The summed E-state index contributed by atoms with van der Waals surface area (Å²) in [5.41, 5.74) is 2.45. The summed E-state index contributed by atoms with van der Waals surface area (Å²) in [4.78, 5) is 39.2. The third-order valence-electron chi connectivity index (χ3n) is 5.80. The quantitative estimate of drug-likeness (QED) is 0.186. The molecule has 0 radical (unpaired) electrons. The molecule has 186 valence electrons. The number of nitrogens with one attached hydrogen (secondary N) is 1. The van der Waals surface area contributed by atoms with Gasteiger partial charge in [-0.15, -0.1) is 0 Å². The fraction of sp³-hybridized carbons (Fsp3) is 0.0741. The molecule has 1 saturated heterocycles. The molecule has 0 bridgehead atoms. The monoisotopic (exact) mass is 645 g/mol. The van der Waals surface area contributed by atoms with Crippen LogP contribution in [0.1, 0.15) is 11.1 Å². The maximum absolute atomic E-state index is 14.4. The Morgan fingerprint density at radius 1 is 1.05 bits per heavy atom. The van der Waals surface area contributed by atoms with Crippen LogP contribution in [0.2, 0.25) is 5.02 Å². The number of carbonyl (C=O) groups is 3. The maximum Gasteiger partial charge on any atom is 0.294 e. The highest BCUT2D eigenvalue weighted by Crippen LogP contribution is 2.34. The Labute approximate surface area is 234 Å². The van der Waals surface area contributed by atoms with Crippen molar-refractivity contribution < 1.29 is 18.8 Å². The second kappa shape index (κ2) is 10.7. The lowest BCUT2D eigenvalue weighted by atomic mass is 10.1.